The van der Waals surface area contributed by atoms with Gasteiger partial charge in [0.1, 0.15) is 5.75 Å². The smallest absolute Gasteiger partial charge is 0.358 e. The van der Waals surface area contributed by atoms with Crippen molar-refractivity contribution >= 4 is 11.7 Å². The van der Waals surface area contributed by atoms with Crippen LogP contribution in [0.15, 0.2) is 30.6 Å². The van der Waals surface area contributed by atoms with Crippen molar-refractivity contribution in [3.05, 3.63) is 52.0 Å². The van der Waals surface area contributed by atoms with Crippen molar-refractivity contribution in [3.8, 4) is 11.6 Å². The fraction of sp³-hybridized carbons (Fsp3) is 0.154. The van der Waals surface area contributed by atoms with Gasteiger partial charge in [0.15, 0.2) is 5.69 Å². The molecule has 0 N–H and O–H groups in total. The number of hydrogen-bond donors (Lipinski definition) is 0. The molecule has 0 saturated heterocycles. The van der Waals surface area contributed by atoms with Gasteiger partial charge in [0.05, 0.1) is 30.5 Å². The minimum atomic E-state index is -0.611. The highest BCUT2D eigenvalue weighted by molar-refractivity contribution is 5.86. The van der Waals surface area contributed by atoms with Gasteiger partial charge >= 0.3 is 5.97 Å². The molecule has 0 atom stereocenters. The Labute approximate surface area is 119 Å². The van der Waals surface area contributed by atoms with Crippen LogP contribution in [0, 0.1) is 17.0 Å². The van der Waals surface area contributed by atoms with Crippen LogP contribution < -0.4 is 4.74 Å². The van der Waals surface area contributed by atoms with E-state index in [1.54, 1.807) is 13.0 Å². The Morgan fingerprint density at radius 1 is 1.29 bits per heavy atom. The quantitative estimate of drug-likeness (QED) is 0.483. The number of nitro groups is 1. The van der Waals surface area contributed by atoms with Gasteiger partial charge in [-0.05, 0) is 18.6 Å². The van der Waals surface area contributed by atoms with E-state index >= 15 is 0 Å². The molecule has 2 rings (SSSR count). The van der Waals surface area contributed by atoms with E-state index in [1.807, 2.05) is 0 Å². The van der Waals surface area contributed by atoms with E-state index in [9.17, 15) is 14.9 Å². The molecule has 0 amide bonds. The number of esters is 1. The Bertz CT molecular complexity index is 685. The lowest BCUT2D eigenvalue weighted by Crippen LogP contribution is -2.05. The third-order valence-corrected chi connectivity index (χ3v) is 2.62. The second-order valence-corrected chi connectivity index (χ2v) is 4.04. The minimum absolute atomic E-state index is 0.0422. The van der Waals surface area contributed by atoms with Crippen molar-refractivity contribution in [2.45, 2.75) is 6.92 Å². The van der Waals surface area contributed by atoms with E-state index in [2.05, 4.69) is 14.7 Å². The van der Waals surface area contributed by atoms with Crippen LogP contribution in [-0.2, 0) is 4.74 Å². The van der Waals surface area contributed by atoms with Gasteiger partial charge in [0, 0.05) is 6.07 Å². The van der Waals surface area contributed by atoms with Crippen LogP contribution in [0.4, 0.5) is 5.69 Å². The van der Waals surface area contributed by atoms with Crippen LogP contribution in [0.3, 0.4) is 0 Å². The van der Waals surface area contributed by atoms with E-state index in [0.717, 1.165) is 0 Å². The Morgan fingerprint density at radius 3 is 2.62 bits per heavy atom. The molecule has 2 aromatic rings. The van der Waals surface area contributed by atoms with Gasteiger partial charge in [0.25, 0.3) is 5.69 Å². The third kappa shape index (κ3) is 3.30. The number of non-ortho nitro benzene ring substituents is 1. The Kier molecular flexibility index (Phi) is 4.07. The number of carbonyl (C=O) groups excluding carboxylic acids is 1. The van der Waals surface area contributed by atoms with E-state index in [1.165, 1.54) is 31.6 Å². The van der Waals surface area contributed by atoms with Crippen molar-refractivity contribution in [3.63, 3.8) is 0 Å². The number of rotatable bonds is 4. The predicted octanol–water partition coefficient (Wildman–Crippen LogP) is 2.27. The second-order valence-electron chi connectivity index (χ2n) is 4.04. The average molecular weight is 289 g/mol. The van der Waals surface area contributed by atoms with Gasteiger partial charge in [-0.25, -0.2) is 14.8 Å². The van der Waals surface area contributed by atoms with Crippen LogP contribution in [0.5, 0.6) is 11.6 Å². The van der Waals surface area contributed by atoms with Crippen LogP contribution in [-0.4, -0.2) is 28.0 Å². The minimum Gasteiger partial charge on any atom is -0.464 e. The summed E-state index contributed by atoms with van der Waals surface area (Å²) >= 11 is 0. The first-order valence-electron chi connectivity index (χ1n) is 5.84. The molecule has 0 bridgehead atoms. The van der Waals surface area contributed by atoms with Crippen molar-refractivity contribution in [2.24, 2.45) is 0 Å². The lowest BCUT2D eigenvalue weighted by atomic mass is 10.2. The molecule has 0 fully saturated rings. The summed E-state index contributed by atoms with van der Waals surface area (Å²) in [5.41, 5.74) is 0.662. The molecule has 1 aromatic heterocycles. The molecule has 0 aliphatic heterocycles. The van der Waals surface area contributed by atoms with Crippen molar-refractivity contribution in [1.82, 2.24) is 9.97 Å². The largest absolute Gasteiger partial charge is 0.464 e. The topological polar surface area (TPSA) is 104 Å². The molecule has 1 aromatic carbocycles. The normalized spacial score (nSPS) is 10.0. The maximum Gasteiger partial charge on any atom is 0.358 e. The lowest BCUT2D eigenvalue weighted by Gasteiger charge is -2.07. The van der Waals surface area contributed by atoms with Crippen LogP contribution >= 0.6 is 0 Å². The number of hydrogen-bond acceptors (Lipinski definition) is 7. The number of aryl methyl sites for hydroxylation is 1. The molecule has 8 nitrogen and oxygen atoms in total. The van der Waals surface area contributed by atoms with E-state index in [-0.39, 0.29) is 17.3 Å². The number of nitrogens with zero attached hydrogens (tertiary/aromatic N) is 3. The molecule has 0 radical (unpaired) electrons. The first-order valence-corrected chi connectivity index (χ1v) is 5.84. The summed E-state index contributed by atoms with van der Waals surface area (Å²) in [5.74, 6) is -0.198. The number of nitro benzene ring substituents is 1. The molecule has 0 aliphatic rings. The molecule has 108 valence electrons. The molecule has 0 spiro atoms. The molecular weight excluding hydrogens is 278 g/mol. The molecule has 8 heteroatoms. The van der Waals surface area contributed by atoms with Gasteiger partial charge in [-0.2, -0.15) is 0 Å². The van der Waals surface area contributed by atoms with Gasteiger partial charge in [-0.15, -0.1) is 0 Å². The first kappa shape index (κ1) is 14.4. The standard InChI is InChI=1S/C13H11N3O5/c1-8-3-4-9(16(18)19)5-11(8)21-12-7-14-10(6-15-12)13(17)20-2/h3-7H,1-2H3. The van der Waals surface area contributed by atoms with E-state index in [4.69, 9.17) is 4.74 Å². The second kappa shape index (κ2) is 5.95. The molecule has 0 unspecified atom stereocenters. The number of methoxy groups -OCH3 is 1. The van der Waals surface area contributed by atoms with Crippen LogP contribution in [0.25, 0.3) is 0 Å². The summed E-state index contributed by atoms with van der Waals surface area (Å²) < 4.78 is 9.94. The highest BCUT2D eigenvalue weighted by Crippen LogP contribution is 2.27. The Balaban J connectivity index is 2.23. The van der Waals surface area contributed by atoms with Gasteiger partial charge < -0.3 is 9.47 Å². The summed E-state index contributed by atoms with van der Waals surface area (Å²) in [7, 11) is 1.24. The zero-order chi connectivity index (χ0) is 15.4. The summed E-state index contributed by atoms with van der Waals surface area (Å²) in [5, 5.41) is 10.7. The van der Waals surface area contributed by atoms with E-state index in [0.29, 0.717) is 11.3 Å². The summed E-state index contributed by atoms with van der Waals surface area (Å²) in [6.07, 6.45) is 2.44. The van der Waals surface area contributed by atoms with Crippen molar-refractivity contribution < 1.29 is 19.2 Å². The van der Waals surface area contributed by atoms with Crippen molar-refractivity contribution in [2.75, 3.05) is 7.11 Å². The van der Waals surface area contributed by atoms with Crippen LogP contribution in [0.1, 0.15) is 16.1 Å². The molecule has 21 heavy (non-hydrogen) atoms. The summed E-state index contributed by atoms with van der Waals surface area (Å²) in [6.45, 7) is 1.75. The maximum atomic E-state index is 11.2. The number of ether oxygens (including phenoxy) is 2. The zero-order valence-electron chi connectivity index (χ0n) is 11.3. The van der Waals surface area contributed by atoms with Gasteiger partial charge in [-0.3, -0.25) is 10.1 Å². The van der Waals surface area contributed by atoms with Gasteiger partial charge in [0.2, 0.25) is 5.88 Å². The van der Waals surface area contributed by atoms with Crippen molar-refractivity contribution in [1.29, 1.82) is 0 Å². The van der Waals surface area contributed by atoms with E-state index < -0.39 is 10.9 Å². The van der Waals surface area contributed by atoms with Crippen LogP contribution in [0.2, 0.25) is 0 Å². The molecular formula is C13H11N3O5. The maximum absolute atomic E-state index is 11.2. The third-order valence-electron chi connectivity index (χ3n) is 2.62. The fourth-order valence-electron chi connectivity index (χ4n) is 1.50. The predicted molar refractivity (Wildman–Crippen MR) is 71.3 cm³/mol. The molecule has 1 heterocycles. The number of carbonyl (C=O) groups is 1. The highest BCUT2D eigenvalue weighted by Gasteiger charge is 2.12. The average Bonchev–Trinajstić information content (AvgIpc) is 2.49. The number of aromatic nitrogens is 2. The number of benzene rings is 1. The SMILES string of the molecule is COC(=O)c1cnc(Oc2cc([N+](=O)[O-])ccc2C)cn1. The highest BCUT2D eigenvalue weighted by atomic mass is 16.6. The molecule has 0 saturated carbocycles. The Hall–Kier alpha value is -3.03. The van der Waals surface area contributed by atoms with Gasteiger partial charge in [-0.1, -0.05) is 0 Å². The Morgan fingerprint density at radius 2 is 2.05 bits per heavy atom. The summed E-state index contributed by atoms with van der Waals surface area (Å²) in [4.78, 5) is 29.2. The zero-order valence-corrected chi connectivity index (χ0v) is 11.3. The fourth-order valence-corrected chi connectivity index (χ4v) is 1.50. The molecule has 0 aliphatic carbocycles. The monoisotopic (exact) mass is 289 g/mol. The first-order chi connectivity index (χ1) is 10.0. The lowest BCUT2D eigenvalue weighted by molar-refractivity contribution is -0.384. The summed E-state index contributed by atoms with van der Waals surface area (Å²) in [6, 6.07) is 4.25.